The van der Waals surface area contributed by atoms with Gasteiger partial charge in [-0.15, -0.1) is 0 Å². The second kappa shape index (κ2) is 6.50. The van der Waals surface area contributed by atoms with E-state index in [1.165, 1.54) is 13.2 Å². The van der Waals surface area contributed by atoms with Crippen LogP contribution in [0.1, 0.15) is 17.0 Å². The highest BCUT2D eigenvalue weighted by Gasteiger charge is 2.27. The molecule has 3 aromatic rings. The molecule has 0 fully saturated rings. The summed E-state index contributed by atoms with van der Waals surface area (Å²) in [5, 5.41) is 12.4. The fourth-order valence-corrected chi connectivity index (χ4v) is 2.92. The Morgan fingerprint density at radius 2 is 1.58 bits per heavy atom. The third-order valence-corrected chi connectivity index (χ3v) is 4.01. The molecule has 0 spiro atoms. The summed E-state index contributed by atoms with van der Waals surface area (Å²) >= 11 is 0. The van der Waals surface area contributed by atoms with Gasteiger partial charge in [0.05, 0.1) is 17.4 Å². The van der Waals surface area contributed by atoms with Crippen LogP contribution in [-0.4, -0.2) is 18.0 Å². The Morgan fingerprint density at radius 1 is 0.958 bits per heavy atom. The van der Waals surface area contributed by atoms with Crippen molar-refractivity contribution in [3.05, 3.63) is 88.0 Å². The number of nitrogens with zero attached hydrogens (tertiary/aromatic N) is 1. The van der Waals surface area contributed by atoms with Crippen molar-refractivity contribution in [3.8, 4) is 0 Å². The molecule has 0 heterocycles. The number of esters is 1. The lowest BCUT2D eigenvalue weighted by molar-refractivity contribution is -0.383. The summed E-state index contributed by atoms with van der Waals surface area (Å²) in [4.78, 5) is 23.3. The van der Waals surface area contributed by atoms with Crippen LogP contribution in [0, 0.1) is 10.1 Å². The van der Waals surface area contributed by atoms with E-state index < -0.39 is 16.8 Å². The molecule has 0 N–H and O–H groups in total. The van der Waals surface area contributed by atoms with Gasteiger partial charge in [0.25, 0.3) is 5.69 Å². The molecular formula is C19H15NO4. The Hall–Kier alpha value is -3.21. The molecule has 0 radical (unpaired) electrons. The highest BCUT2D eigenvalue weighted by atomic mass is 16.6. The third-order valence-electron chi connectivity index (χ3n) is 4.01. The van der Waals surface area contributed by atoms with E-state index in [-0.39, 0.29) is 5.69 Å². The van der Waals surface area contributed by atoms with Crippen LogP contribution in [0.2, 0.25) is 0 Å². The van der Waals surface area contributed by atoms with E-state index in [0.29, 0.717) is 16.3 Å². The molecule has 5 nitrogen and oxygen atoms in total. The van der Waals surface area contributed by atoms with Gasteiger partial charge in [0.1, 0.15) is 5.92 Å². The highest BCUT2D eigenvalue weighted by molar-refractivity contribution is 5.97. The number of non-ortho nitro benzene ring substituents is 1. The minimum atomic E-state index is -0.637. The van der Waals surface area contributed by atoms with Gasteiger partial charge in [-0.1, -0.05) is 54.6 Å². The van der Waals surface area contributed by atoms with Gasteiger partial charge in [-0.25, -0.2) is 0 Å². The maximum absolute atomic E-state index is 12.4. The van der Waals surface area contributed by atoms with E-state index in [1.807, 2.05) is 30.3 Å². The number of nitro benzene ring substituents is 1. The van der Waals surface area contributed by atoms with Crippen molar-refractivity contribution in [1.82, 2.24) is 0 Å². The number of ether oxygens (including phenoxy) is 1. The van der Waals surface area contributed by atoms with E-state index in [4.69, 9.17) is 4.74 Å². The van der Waals surface area contributed by atoms with Crippen molar-refractivity contribution in [2.24, 2.45) is 0 Å². The van der Waals surface area contributed by atoms with Gasteiger partial charge in [-0.05, 0) is 22.6 Å². The summed E-state index contributed by atoms with van der Waals surface area (Å²) < 4.78 is 4.97. The zero-order valence-corrected chi connectivity index (χ0v) is 13.0. The van der Waals surface area contributed by atoms with E-state index in [9.17, 15) is 14.9 Å². The van der Waals surface area contributed by atoms with E-state index in [0.717, 1.165) is 5.56 Å². The number of nitro groups is 1. The Kier molecular flexibility index (Phi) is 4.24. The number of carbonyl (C=O) groups excluding carboxylic acids is 1. The molecule has 3 aromatic carbocycles. The minimum absolute atomic E-state index is 0.0195. The van der Waals surface area contributed by atoms with Crippen molar-refractivity contribution >= 4 is 22.4 Å². The number of methoxy groups -OCH3 is 1. The average Bonchev–Trinajstić information content (AvgIpc) is 2.62. The van der Waals surface area contributed by atoms with Crippen molar-refractivity contribution in [1.29, 1.82) is 0 Å². The van der Waals surface area contributed by atoms with Gasteiger partial charge in [0.15, 0.2) is 0 Å². The molecule has 0 unspecified atom stereocenters. The van der Waals surface area contributed by atoms with Gasteiger partial charge >= 0.3 is 5.97 Å². The van der Waals surface area contributed by atoms with Crippen LogP contribution in [-0.2, 0) is 9.53 Å². The zero-order valence-electron chi connectivity index (χ0n) is 13.0. The second-order valence-electron chi connectivity index (χ2n) is 5.34. The van der Waals surface area contributed by atoms with Crippen LogP contribution >= 0.6 is 0 Å². The summed E-state index contributed by atoms with van der Waals surface area (Å²) in [5.41, 5.74) is 1.49. The number of fused-ring (bicyclic) bond motifs is 1. The van der Waals surface area contributed by atoms with Crippen molar-refractivity contribution in [2.75, 3.05) is 7.11 Å². The molecule has 0 amide bonds. The lowest BCUT2D eigenvalue weighted by atomic mass is 9.87. The third kappa shape index (κ3) is 2.72. The molecule has 0 aliphatic rings. The molecule has 120 valence electrons. The summed E-state index contributed by atoms with van der Waals surface area (Å²) in [6.07, 6.45) is 0. The SMILES string of the molecule is COC(=O)[C@@H](c1ccccc1)c1ccc([N+](=O)[O-])c2ccccc12. The summed E-state index contributed by atoms with van der Waals surface area (Å²) in [7, 11) is 1.34. The molecule has 5 heteroatoms. The van der Waals surface area contributed by atoms with Crippen LogP contribution in [0.15, 0.2) is 66.7 Å². The number of hydrogen-bond acceptors (Lipinski definition) is 4. The molecule has 0 bridgehead atoms. The van der Waals surface area contributed by atoms with Gasteiger partial charge in [-0.3, -0.25) is 14.9 Å². The van der Waals surface area contributed by atoms with Gasteiger partial charge in [0, 0.05) is 6.07 Å². The normalized spacial score (nSPS) is 11.9. The van der Waals surface area contributed by atoms with E-state index in [2.05, 4.69) is 0 Å². The first-order chi connectivity index (χ1) is 11.6. The van der Waals surface area contributed by atoms with Crippen LogP contribution in [0.5, 0.6) is 0 Å². The first-order valence-electron chi connectivity index (χ1n) is 7.42. The first-order valence-corrected chi connectivity index (χ1v) is 7.42. The van der Waals surface area contributed by atoms with Crippen LogP contribution < -0.4 is 0 Å². The number of benzene rings is 3. The van der Waals surface area contributed by atoms with Crippen molar-refractivity contribution in [2.45, 2.75) is 5.92 Å². The van der Waals surface area contributed by atoms with Crippen LogP contribution in [0.3, 0.4) is 0 Å². The molecule has 0 aromatic heterocycles. The summed E-state index contributed by atoms with van der Waals surface area (Å²) in [5.74, 6) is -1.04. The quantitative estimate of drug-likeness (QED) is 0.413. The smallest absolute Gasteiger partial charge is 0.317 e. The topological polar surface area (TPSA) is 69.4 Å². The molecule has 0 saturated carbocycles. The zero-order chi connectivity index (χ0) is 17.1. The Morgan fingerprint density at radius 3 is 2.21 bits per heavy atom. The van der Waals surface area contributed by atoms with Crippen LogP contribution in [0.4, 0.5) is 5.69 Å². The highest BCUT2D eigenvalue weighted by Crippen LogP contribution is 2.35. The van der Waals surface area contributed by atoms with Crippen LogP contribution in [0.25, 0.3) is 10.8 Å². The molecular weight excluding hydrogens is 306 g/mol. The lowest BCUT2D eigenvalue weighted by Crippen LogP contribution is -2.16. The maximum atomic E-state index is 12.4. The Balaban J connectivity index is 2.28. The van der Waals surface area contributed by atoms with Gasteiger partial charge in [-0.2, -0.15) is 0 Å². The summed E-state index contributed by atoms with van der Waals surface area (Å²) in [6, 6.07) is 19.3. The fraction of sp³-hybridized carbons (Fsp3) is 0.105. The number of carbonyl (C=O) groups is 1. The molecule has 1 atom stereocenters. The molecule has 0 saturated heterocycles. The van der Waals surface area contributed by atoms with Gasteiger partial charge < -0.3 is 4.74 Å². The van der Waals surface area contributed by atoms with Gasteiger partial charge in [0.2, 0.25) is 0 Å². The maximum Gasteiger partial charge on any atom is 0.317 e. The predicted molar refractivity (Wildman–Crippen MR) is 90.9 cm³/mol. The molecule has 24 heavy (non-hydrogen) atoms. The molecule has 0 aliphatic carbocycles. The molecule has 0 aliphatic heterocycles. The van der Waals surface area contributed by atoms with E-state index >= 15 is 0 Å². The first kappa shape index (κ1) is 15.7. The molecule has 3 rings (SSSR count). The predicted octanol–water partition coefficient (Wildman–Crippen LogP) is 4.05. The second-order valence-corrected chi connectivity index (χ2v) is 5.34. The monoisotopic (exact) mass is 321 g/mol. The lowest BCUT2D eigenvalue weighted by Gasteiger charge is -2.17. The van der Waals surface area contributed by atoms with Crippen molar-refractivity contribution < 1.29 is 14.5 Å². The minimum Gasteiger partial charge on any atom is -0.468 e. The Bertz CT molecular complexity index is 906. The van der Waals surface area contributed by atoms with Crippen molar-refractivity contribution in [3.63, 3.8) is 0 Å². The average molecular weight is 321 g/mol. The Labute approximate surface area is 138 Å². The number of rotatable bonds is 4. The fourth-order valence-electron chi connectivity index (χ4n) is 2.92. The number of hydrogen-bond donors (Lipinski definition) is 0. The standard InChI is InChI=1S/C19H15NO4/c1-24-19(21)18(13-7-3-2-4-8-13)16-11-12-17(20(22)23)15-10-6-5-9-14(15)16/h2-12,18H,1H3/t18-/m0/s1. The summed E-state index contributed by atoms with van der Waals surface area (Å²) in [6.45, 7) is 0. The largest absolute Gasteiger partial charge is 0.468 e. The van der Waals surface area contributed by atoms with E-state index in [1.54, 1.807) is 30.3 Å².